The van der Waals surface area contributed by atoms with E-state index in [0.29, 0.717) is 0 Å². The van der Waals surface area contributed by atoms with Crippen molar-refractivity contribution in [2.24, 2.45) is 0 Å². The van der Waals surface area contributed by atoms with E-state index >= 15 is 0 Å². The molecule has 2 rings (SSSR count). The van der Waals surface area contributed by atoms with Gasteiger partial charge in [-0.1, -0.05) is 35.0 Å². The third-order valence-corrected chi connectivity index (χ3v) is 3.07. The van der Waals surface area contributed by atoms with Crippen molar-refractivity contribution in [3.05, 3.63) is 40.3 Å². The van der Waals surface area contributed by atoms with Crippen LogP contribution in [0.25, 0.3) is 11.3 Å². The molecule has 0 saturated heterocycles. The SMILES string of the molecule is CCNCc1nc(-c2cccc(Br)c2)c(C)[nH]1. The van der Waals surface area contributed by atoms with E-state index in [1.54, 1.807) is 0 Å². The predicted molar refractivity (Wildman–Crippen MR) is 73.8 cm³/mol. The number of aryl methyl sites for hydroxylation is 1. The van der Waals surface area contributed by atoms with Crippen molar-refractivity contribution in [1.29, 1.82) is 0 Å². The molecule has 17 heavy (non-hydrogen) atoms. The molecule has 1 aromatic heterocycles. The van der Waals surface area contributed by atoms with Crippen molar-refractivity contribution < 1.29 is 0 Å². The maximum absolute atomic E-state index is 4.62. The summed E-state index contributed by atoms with van der Waals surface area (Å²) in [6.07, 6.45) is 0. The molecule has 0 aliphatic carbocycles. The summed E-state index contributed by atoms with van der Waals surface area (Å²) < 4.78 is 1.07. The van der Waals surface area contributed by atoms with Crippen LogP contribution >= 0.6 is 15.9 Å². The first-order valence-corrected chi connectivity index (χ1v) is 6.52. The Labute approximate surface area is 110 Å². The van der Waals surface area contributed by atoms with Crippen molar-refractivity contribution in [3.8, 4) is 11.3 Å². The van der Waals surface area contributed by atoms with E-state index in [-0.39, 0.29) is 0 Å². The molecule has 90 valence electrons. The molecule has 0 atom stereocenters. The first-order chi connectivity index (χ1) is 8.20. The first kappa shape index (κ1) is 12.3. The molecule has 0 amide bonds. The lowest BCUT2D eigenvalue weighted by atomic mass is 10.1. The molecular formula is C13H16BrN3. The maximum atomic E-state index is 4.62. The number of hydrogen-bond donors (Lipinski definition) is 2. The Morgan fingerprint density at radius 1 is 1.41 bits per heavy atom. The summed E-state index contributed by atoms with van der Waals surface area (Å²) in [4.78, 5) is 7.93. The van der Waals surface area contributed by atoms with Gasteiger partial charge in [0.2, 0.25) is 0 Å². The highest BCUT2D eigenvalue weighted by atomic mass is 79.9. The molecular weight excluding hydrogens is 278 g/mol. The highest BCUT2D eigenvalue weighted by molar-refractivity contribution is 9.10. The molecule has 1 aromatic carbocycles. The van der Waals surface area contributed by atoms with Crippen LogP contribution in [0.5, 0.6) is 0 Å². The molecule has 1 heterocycles. The summed E-state index contributed by atoms with van der Waals surface area (Å²) in [5.41, 5.74) is 3.27. The van der Waals surface area contributed by atoms with Gasteiger partial charge in [0.1, 0.15) is 5.82 Å². The van der Waals surface area contributed by atoms with Crippen LogP contribution in [0.15, 0.2) is 28.7 Å². The zero-order chi connectivity index (χ0) is 12.3. The number of nitrogens with zero attached hydrogens (tertiary/aromatic N) is 1. The number of aromatic nitrogens is 2. The van der Waals surface area contributed by atoms with E-state index in [9.17, 15) is 0 Å². The molecule has 2 N–H and O–H groups in total. The number of nitrogens with one attached hydrogen (secondary N) is 2. The fourth-order valence-electron chi connectivity index (χ4n) is 1.77. The summed E-state index contributed by atoms with van der Waals surface area (Å²) in [6, 6.07) is 8.20. The molecule has 0 spiro atoms. The number of benzene rings is 1. The quantitative estimate of drug-likeness (QED) is 0.908. The minimum absolute atomic E-state index is 0.783. The van der Waals surface area contributed by atoms with Gasteiger partial charge < -0.3 is 10.3 Å². The van der Waals surface area contributed by atoms with E-state index in [1.807, 2.05) is 12.1 Å². The number of H-pyrrole nitrogens is 1. The Bertz CT molecular complexity index is 505. The van der Waals surface area contributed by atoms with Crippen molar-refractivity contribution in [3.63, 3.8) is 0 Å². The predicted octanol–water partition coefficient (Wildman–Crippen LogP) is 3.26. The molecule has 0 saturated carbocycles. The average Bonchev–Trinajstić information content (AvgIpc) is 2.68. The Hall–Kier alpha value is -1.13. The molecule has 0 aliphatic rings. The normalized spacial score (nSPS) is 10.8. The largest absolute Gasteiger partial charge is 0.344 e. The van der Waals surface area contributed by atoms with Crippen molar-refractivity contribution in [2.45, 2.75) is 20.4 Å². The Morgan fingerprint density at radius 3 is 2.94 bits per heavy atom. The van der Waals surface area contributed by atoms with E-state index in [2.05, 4.69) is 57.2 Å². The molecule has 4 heteroatoms. The number of halogens is 1. The van der Waals surface area contributed by atoms with Gasteiger partial charge in [0.15, 0.2) is 0 Å². The van der Waals surface area contributed by atoms with Crippen LogP contribution in [0.2, 0.25) is 0 Å². The average molecular weight is 294 g/mol. The zero-order valence-corrected chi connectivity index (χ0v) is 11.6. The van der Waals surface area contributed by atoms with Crippen LogP contribution in [0.4, 0.5) is 0 Å². The fourth-order valence-corrected chi connectivity index (χ4v) is 2.17. The van der Waals surface area contributed by atoms with Gasteiger partial charge in [-0.25, -0.2) is 4.98 Å². The number of rotatable bonds is 4. The molecule has 0 bridgehead atoms. The molecule has 0 unspecified atom stereocenters. The summed E-state index contributed by atoms with van der Waals surface area (Å²) in [5, 5.41) is 3.26. The third kappa shape index (κ3) is 2.96. The van der Waals surface area contributed by atoms with Crippen molar-refractivity contribution in [1.82, 2.24) is 15.3 Å². The molecule has 0 fully saturated rings. The molecule has 3 nitrogen and oxygen atoms in total. The van der Waals surface area contributed by atoms with Crippen molar-refractivity contribution in [2.75, 3.05) is 6.54 Å². The van der Waals surface area contributed by atoms with Gasteiger partial charge in [0.25, 0.3) is 0 Å². The van der Waals surface area contributed by atoms with Gasteiger partial charge >= 0.3 is 0 Å². The monoisotopic (exact) mass is 293 g/mol. The summed E-state index contributed by atoms with van der Waals surface area (Å²) in [6.45, 7) is 5.88. The van der Waals surface area contributed by atoms with Crippen LogP contribution < -0.4 is 5.32 Å². The summed E-state index contributed by atoms with van der Waals surface area (Å²) in [5.74, 6) is 0.985. The minimum Gasteiger partial charge on any atom is -0.344 e. The molecule has 0 aliphatic heterocycles. The second-order valence-corrected chi connectivity index (χ2v) is 4.86. The van der Waals surface area contributed by atoms with E-state index in [4.69, 9.17) is 0 Å². The van der Waals surface area contributed by atoms with Gasteiger partial charge in [-0.15, -0.1) is 0 Å². The number of aromatic amines is 1. The highest BCUT2D eigenvalue weighted by Gasteiger charge is 2.08. The Morgan fingerprint density at radius 2 is 2.24 bits per heavy atom. The Balaban J connectivity index is 2.29. The van der Waals surface area contributed by atoms with Crippen LogP contribution in [0.3, 0.4) is 0 Å². The van der Waals surface area contributed by atoms with Gasteiger partial charge in [-0.2, -0.15) is 0 Å². The fraction of sp³-hybridized carbons (Fsp3) is 0.308. The van der Waals surface area contributed by atoms with Gasteiger partial charge in [-0.3, -0.25) is 0 Å². The number of hydrogen-bond acceptors (Lipinski definition) is 2. The standard InChI is InChI=1S/C13H16BrN3/c1-3-15-8-12-16-9(2)13(17-12)10-5-4-6-11(14)7-10/h4-7,15H,3,8H2,1-2H3,(H,16,17). The number of imidazole rings is 1. The first-order valence-electron chi connectivity index (χ1n) is 5.73. The summed E-state index contributed by atoms with van der Waals surface area (Å²) >= 11 is 3.48. The van der Waals surface area contributed by atoms with Crippen LogP contribution in [-0.4, -0.2) is 16.5 Å². The topological polar surface area (TPSA) is 40.7 Å². The minimum atomic E-state index is 0.783. The summed E-state index contributed by atoms with van der Waals surface area (Å²) in [7, 11) is 0. The van der Waals surface area contributed by atoms with Crippen LogP contribution in [-0.2, 0) is 6.54 Å². The lowest BCUT2D eigenvalue weighted by Crippen LogP contribution is -2.12. The second-order valence-electron chi connectivity index (χ2n) is 3.95. The van der Waals surface area contributed by atoms with E-state index in [1.165, 1.54) is 0 Å². The zero-order valence-electron chi connectivity index (χ0n) is 10.0. The lowest BCUT2D eigenvalue weighted by molar-refractivity contribution is 0.697. The van der Waals surface area contributed by atoms with Gasteiger partial charge in [0.05, 0.1) is 12.2 Å². The smallest absolute Gasteiger partial charge is 0.121 e. The van der Waals surface area contributed by atoms with Gasteiger partial charge in [0, 0.05) is 15.7 Å². The van der Waals surface area contributed by atoms with Gasteiger partial charge in [-0.05, 0) is 25.6 Å². The van der Waals surface area contributed by atoms with Crippen LogP contribution in [0, 0.1) is 6.92 Å². The third-order valence-electron chi connectivity index (χ3n) is 2.57. The van der Waals surface area contributed by atoms with E-state index < -0.39 is 0 Å². The lowest BCUT2D eigenvalue weighted by Gasteiger charge is -1.99. The molecule has 0 radical (unpaired) electrons. The second kappa shape index (κ2) is 5.47. The maximum Gasteiger partial charge on any atom is 0.121 e. The highest BCUT2D eigenvalue weighted by Crippen LogP contribution is 2.24. The Kier molecular flexibility index (Phi) is 3.97. The van der Waals surface area contributed by atoms with Crippen LogP contribution in [0.1, 0.15) is 18.4 Å². The van der Waals surface area contributed by atoms with E-state index in [0.717, 1.165) is 40.3 Å². The van der Waals surface area contributed by atoms with Crippen molar-refractivity contribution >= 4 is 15.9 Å². The molecule has 2 aromatic rings.